The molecule has 0 saturated heterocycles. The van der Waals surface area contributed by atoms with E-state index in [-0.39, 0.29) is 6.42 Å². The molecular formula is C20H32N2O2. The Morgan fingerprint density at radius 1 is 1.04 bits per heavy atom. The molecule has 2 bridgehead atoms. The fraction of sp³-hybridized carbons (Fsp3) is 0.750. The quantitative estimate of drug-likeness (QED) is 0.376. The van der Waals surface area contributed by atoms with Crippen LogP contribution in [0.3, 0.4) is 0 Å². The number of unbranched alkanes of at least 4 members (excludes halogenated alkanes) is 5. The molecule has 3 unspecified atom stereocenters. The van der Waals surface area contributed by atoms with Crippen molar-refractivity contribution in [2.75, 3.05) is 0 Å². The van der Waals surface area contributed by atoms with Crippen LogP contribution in [0.4, 0.5) is 0 Å². The normalized spacial score (nSPS) is 28.5. The summed E-state index contributed by atoms with van der Waals surface area (Å²) in [5.41, 5.74) is 0. The molecule has 0 spiro atoms. The Balaban J connectivity index is 1.73. The van der Waals surface area contributed by atoms with E-state index < -0.39 is 5.97 Å². The van der Waals surface area contributed by atoms with Crippen LogP contribution in [0.25, 0.3) is 0 Å². The number of hydrogen-bond acceptors (Lipinski definition) is 3. The summed E-state index contributed by atoms with van der Waals surface area (Å²) < 4.78 is 0. The lowest BCUT2D eigenvalue weighted by Gasteiger charge is -2.22. The molecule has 1 saturated carbocycles. The summed E-state index contributed by atoms with van der Waals surface area (Å²) in [5, 5.41) is 17.5. The summed E-state index contributed by atoms with van der Waals surface area (Å²) in [4.78, 5) is 10.5. The number of nitrogens with zero attached hydrogens (tertiary/aromatic N) is 2. The number of rotatable bonds is 12. The molecule has 1 aliphatic heterocycles. The van der Waals surface area contributed by atoms with E-state index >= 15 is 0 Å². The summed E-state index contributed by atoms with van der Waals surface area (Å²) in [7, 11) is 0. The average molecular weight is 332 g/mol. The Hall–Kier alpha value is -1.45. The number of carboxylic acid groups (broad SMARTS) is 1. The average Bonchev–Trinajstić information content (AvgIpc) is 3.15. The Morgan fingerprint density at radius 3 is 2.62 bits per heavy atom. The van der Waals surface area contributed by atoms with Gasteiger partial charge in [0.25, 0.3) is 0 Å². The summed E-state index contributed by atoms with van der Waals surface area (Å²) in [6.45, 7) is 2.25. The lowest BCUT2D eigenvalue weighted by Crippen LogP contribution is -2.21. The molecule has 0 amide bonds. The maximum Gasteiger partial charge on any atom is 0.303 e. The second-order valence-corrected chi connectivity index (χ2v) is 7.11. The van der Waals surface area contributed by atoms with Gasteiger partial charge in [0, 0.05) is 12.3 Å². The summed E-state index contributed by atoms with van der Waals surface area (Å²) in [6, 6.07) is 0.792. The molecule has 1 heterocycles. The molecular weight excluding hydrogens is 300 g/mol. The Bertz CT molecular complexity index is 470. The first-order valence-electron chi connectivity index (χ1n) is 9.65. The van der Waals surface area contributed by atoms with Gasteiger partial charge >= 0.3 is 5.97 Å². The van der Waals surface area contributed by atoms with Gasteiger partial charge in [0.1, 0.15) is 0 Å². The smallest absolute Gasteiger partial charge is 0.303 e. The van der Waals surface area contributed by atoms with Crippen molar-refractivity contribution in [2.45, 2.75) is 83.2 Å². The van der Waals surface area contributed by atoms with E-state index in [2.05, 4.69) is 41.5 Å². The third kappa shape index (κ3) is 5.88. The lowest BCUT2D eigenvalue weighted by molar-refractivity contribution is -0.137. The van der Waals surface area contributed by atoms with E-state index in [4.69, 9.17) is 5.11 Å². The molecule has 1 aliphatic carbocycles. The van der Waals surface area contributed by atoms with Crippen LogP contribution in [-0.4, -0.2) is 23.2 Å². The first kappa shape index (κ1) is 18.9. The van der Waals surface area contributed by atoms with E-state index in [0.29, 0.717) is 23.9 Å². The first-order chi connectivity index (χ1) is 11.7. The van der Waals surface area contributed by atoms with Gasteiger partial charge in [-0.05, 0) is 44.4 Å². The molecule has 1 N–H and O–H groups in total. The molecule has 1 fully saturated rings. The van der Waals surface area contributed by atoms with Crippen molar-refractivity contribution in [1.82, 2.24) is 0 Å². The third-order valence-corrected chi connectivity index (χ3v) is 5.20. The number of azo groups is 1. The SMILES string of the molecule is CCCCCC/C=C/[C@H]1C2CC(N=N2)C1CC=CCCCC(=O)O. The summed E-state index contributed by atoms with van der Waals surface area (Å²) in [6.07, 6.45) is 19.6. The number of fused-ring (bicyclic) bond motifs is 2. The maximum absolute atomic E-state index is 10.5. The van der Waals surface area contributed by atoms with Crippen LogP contribution in [0.5, 0.6) is 0 Å². The molecule has 2 aliphatic rings. The first-order valence-corrected chi connectivity index (χ1v) is 9.65. The predicted molar refractivity (Wildman–Crippen MR) is 97.2 cm³/mol. The highest BCUT2D eigenvalue weighted by Gasteiger charge is 2.45. The number of hydrogen-bond donors (Lipinski definition) is 1. The molecule has 134 valence electrons. The Kier molecular flexibility index (Phi) is 8.20. The largest absolute Gasteiger partial charge is 0.481 e. The zero-order valence-corrected chi connectivity index (χ0v) is 14.9. The second-order valence-electron chi connectivity index (χ2n) is 7.11. The highest BCUT2D eigenvalue weighted by molar-refractivity contribution is 5.66. The van der Waals surface area contributed by atoms with E-state index in [1.54, 1.807) is 0 Å². The van der Waals surface area contributed by atoms with E-state index in [1.165, 1.54) is 32.1 Å². The maximum atomic E-state index is 10.5. The standard InChI is InChI=1S/C20H32N2O2/c1-2-3-4-5-6-9-12-16-17(19-15-18(16)21-22-19)13-10-7-8-11-14-20(23)24/h7,9-10,12,16-19H,2-6,8,11,13-15H2,1H3,(H,23,24)/b10-7?,12-9+/t16-,17?,18?,19?/m1/s1. The van der Waals surface area contributed by atoms with Gasteiger partial charge in [0.05, 0.1) is 12.1 Å². The minimum atomic E-state index is -0.707. The van der Waals surface area contributed by atoms with Crippen molar-refractivity contribution in [1.29, 1.82) is 0 Å². The van der Waals surface area contributed by atoms with Gasteiger partial charge in [0.2, 0.25) is 0 Å². The molecule has 0 aromatic rings. The van der Waals surface area contributed by atoms with Crippen molar-refractivity contribution >= 4 is 5.97 Å². The van der Waals surface area contributed by atoms with Crippen LogP contribution in [0.1, 0.15) is 71.1 Å². The van der Waals surface area contributed by atoms with Crippen molar-refractivity contribution in [3.05, 3.63) is 24.3 Å². The molecule has 2 rings (SSSR count). The molecule has 0 aromatic heterocycles. The van der Waals surface area contributed by atoms with Crippen molar-refractivity contribution < 1.29 is 9.90 Å². The molecule has 4 nitrogen and oxygen atoms in total. The minimum Gasteiger partial charge on any atom is -0.481 e. The minimum absolute atomic E-state index is 0.260. The number of carbonyl (C=O) groups is 1. The van der Waals surface area contributed by atoms with Crippen LogP contribution >= 0.6 is 0 Å². The van der Waals surface area contributed by atoms with Gasteiger partial charge in [-0.2, -0.15) is 10.2 Å². The second kappa shape index (κ2) is 10.4. The van der Waals surface area contributed by atoms with Gasteiger partial charge in [-0.3, -0.25) is 4.79 Å². The van der Waals surface area contributed by atoms with E-state index in [0.717, 1.165) is 25.7 Å². The Morgan fingerprint density at radius 2 is 1.83 bits per heavy atom. The van der Waals surface area contributed by atoms with Gasteiger partial charge in [-0.1, -0.05) is 50.5 Å². The summed E-state index contributed by atoms with van der Waals surface area (Å²) in [5.74, 6) is 0.415. The molecule has 4 heteroatoms. The number of carboxylic acids is 1. The van der Waals surface area contributed by atoms with Gasteiger partial charge in [-0.25, -0.2) is 0 Å². The fourth-order valence-electron chi connectivity index (χ4n) is 3.82. The van der Waals surface area contributed by atoms with Gasteiger partial charge in [-0.15, -0.1) is 0 Å². The van der Waals surface area contributed by atoms with Gasteiger partial charge in [0.15, 0.2) is 0 Å². The zero-order valence-electron chi connectivity index (χ0n) is 14.9. The molecule has 24 heavy (non-hydrogen) atoms. The molecule has 0 aromatic carbocycles. The highest BCUT2D eigenvalue weighted by Crippen LogP contribution is 2.44. The van der Waals surface area contributed by atoms with Crippen molar-refractivity contribution in [3.63, 3.8) is 0 Å². The fourth-order valence-corrected chi connectivity index (χ4v) is 3.82. The monoisotopic (exact) mass is 332 g/mol. The van der Waals surface area contributed by atoms with E-state index in [1.807, 2.05) is 0 Å². The van der Waals surface area contributed by atoms with Crippen LogP contribution < -0.4 is 0 Å². The van der Waals surface area contributed by atoms with Crippen LogP contribution in [0.15, 0.2) is 34.5 Å². The van der Waals surface area contributed by atoms with Crippen LogP contribution in [0.2, 0.25) is 0 Å². The van der Waals surface area contributed by atoms with Crippen molar-refractivity contribution in [3.8, 4) is 0 Å². The topological polar surface area (TPSA) is 62.0 Å². The Labute approximate surface area is 146 Å². The summed E-state index contributed by atoms with van der Waals surface area (Å²) >= 11 is 0. The van der Waals surface area contributed by atoms with Crippen molar-refractivity contribution in [2.24, 2.45) is 22.1 Å². The number of allylic oxidation sites excluding steroid dienone is 3. The molecule has 4 atom stereocenters. The third-order valence-electron chi connectivity index (χ3n) is 5.20. The van der Waals surface area contributed by atoms with Gasteiger partial charge < -0.3 is 5.11 Å². The van der Waals surface area contributed by atoms with Crippen LogP contribution in [0, 0.1) is 11.8 Å². The lowest BCUT2D eigenvalue weighted by atomic mass is 9.87. The number of aliphatic carboxylic acids is 1. The van der Waals surface area contributed by atoms with Crippen LogP contribution in [-0.2, 0) is 4.79 Å². The predicted octanol–water partition coefficient (Wildman–Crippen LogP) is 5.55. The molecule has 0 radical (unpaired) electrons. The zero-order chi connectivity index (χ0) is 17.2. The van der Waals surface area contributed by atoms with E-state index in [9.17, 15) is 4.79 Å². The highest BCUT2D eigenvalue weighted by atomic mass is 16.4.